The lowest BCUT2D eigenvalue weighted by Crippen LogP contribution is -2.34. The van der Waals surface area contributed by atoms with Crippen molar-refractivity contribution >= 4 is 0 Å². The number of rotatable bonds is 5. The number of hydrogen-bond acceptors (Lipinski definition) is 3. The van der Waals surface area contributed by atoms with Gasteiger partial charge in [0.15, 0.2) is 0 Å². The topological polar surface area (TPSA) is 47.3 Å². The maximum absolute atomic E-state index is 9.97. The fraction of sp³-hybridized carbons (Fsp3) is 0.727. The second-order valence-electron chi connectivity index (χ2n) is 4.20. The van der Waals surface area contributed by atoms with Crippen LogP contribution < -0.4 is 0 Å². The van der Waals surface area contributed by atoms with Gasteiger partial charge in [0.05, 0.1) is 17.9 Å². The van der Waals surface area contributed by atoms with Crippen LogP contribution in [0.15, 0.2) is 12.3 Å². The zero-order valence-corrected chi connectivity index (χ0v) is 9.84. The molecule has 0 saturated heterocycles. The molecule has 0 bridgehead atoms. The molecule has 0 saturated carbocycles. The van der Waals surface area contributed by atoms with Crippen LogP contribution in [0.3, 0.4) is 0 Å². The van der Waals surface area contributed by atoms with Crippen LogP contribution in [0.1, 0.15) is 19.5 Å². The highest BCUT2D eigenvalue weighted by molar-refractivity contribution is 5.01. The molecule has 0 aliphatic carbocycles. The van der Waals surface area contributed by atoms with E-state index in [1.165, 1.54) is 0 Å². The standard InChI is InChI=1S/C11H20N2O2/c1-8(2)11(15-4)10(14)7-9-5-6-13(3)12-9/h5-6,8,10-11,14H,7H2,1-4H3. The smallest absolute Gasteiger partial charge is 0.0860 e. The monoisotopic (exact) mass is 212 g/mol. The molecule has 2 atom stereocenters. The zero-order chi connectivity index (χ0) is 11.4. The Morgan fingerprint density at radius 2 is 2.20 bits per heavy atom. The summed E-state index contributed by atoms with van der Waals surface area (Å²) in [5, 5.41) is 14.2. The first-order chi connectivity index (χ1) is 7.04. The largest absolute Gasteiger partial charge is 0.390 e. The number of aryl methyl sites for hydroxylation is 1. The maximum Gasteiger partial charge on any atom is 0.0860 e. The molecule has 1 N–H and O–H groups in total. The summed E-state index contributed by atoms with van der Waals surface area (Å²) in [6.45, 7) is 4.08. The van der Waals surface area contributed by atoms with Crippen LogP contribution in [-0.2, 0) is 18.2 Å². The van der Waals surface area contributed by atoms with Crippen molar-refractivity contribution in [1.82, 2.24) is 9.78 Å². The second-order valence-corrected chi connectivity index (χ2v) is 4.20. The lowest BCUT2D eigenvalue weighted by molar-refractivity contribution is -0.0372. The quantitative estimate of drug-likeness (QED) is 0.792. The molecule has 86 valence electrons. The summed E-state index contributed by atoms with van der Waals surface area (Å²) in [7, 11) is 3.50. The van der Waals surface area contributed by atoms with E-state index in [0.717, 1.165) is 5.69 Å². The first kappa shape index (κ1) is 12.2. The normalized spacial score (nSPS) is 15.6. The third kappa shape index (κ3) is 3.32. The molecule has 1 rings (SSSR count). The lowest BCUT2D eigenvalue weighted by Gasteiger charge is -2.24. The predicted molar refractivity (Wildman–Crippen MR) is 58.6 cm³/mol. The number of aromatic nitrogens is 2. The van der Waals surface area contributed by atoms with Crippen molar-refractivity contribution < 1.29 is 9.84 Å². The number of aliphatic hydroxyl groups excluding tert-OH is 1. The average molecular weight is 212 g/mol. The fourth-order valence-electron chi connectivity index (χ4n) is 1.78. The highest BCUT2D eigenvalue weighted by atomic mass is 16.5. The highest BCUT2D eigenvalue weighted by Gasteiger charge is 2.22. The molecule has 0 radical (unpaired) electrons. The summed E-state index contributed by atoms with van der Waals surface area (Å²) in [4.78, 5) is 0. The van der Waals surface area contributed by atoms with Crippen molar-refractivity contribution in [2.24, 2.45) is 13.0 Å². The van der Waals surface area contributed by atoms with Crippen LogP contribution in [0.25, 0.3) is 0 Å². The number of nitrogens with zero attached hydrogens (tertiary/aromatic N) is 2. The molecule has 1 aromatic heterocycles. The molecule has 0 fully saturated rings. The van der Waals surface area contributed by atoms with Gasteiger partial charge < -0.3 is 9.84 Å². The molecule has 1 heterocycles. The van der Waals surface area contributed by atoms with Crippen molar-refractivity contribution in [2.45, 2.75) is 32.5 Å². The zero-order valence-electron chi connectivity index (χ0n) is 9.84. The van der Waals surface area contributed by atoms with E-state index in [1.807, 2.05) is 33.2 Å². The molecule has 2 unspecified atom stereocenters. The van der Waals surface area contributed by atoms with Gasteiger partial charge in [0, 0.05) is 26.8 Å². The van der Waals surface area contributed by atoms with Gasteiger partial charge in [-0.1, -0.05) is 13.8 Å². The van der Waals surface area contributed by atoms with E-state index in [0.29, 0.717) is 12.3 Å². The molecule has 0 amide bonds. The molecular formula is C11H20N2O2. The highest BCUT2D eigenvalue weighted by Crippen LogP contribution is 2.13. The van der Waals surface area contributed by atoms with Gasteiger partial charge in [-0.05, 0) is 12.0 Å². The van der Waals surface area contributed by atoms with Crippen LogP contribution in [0.4, 0.5) is 0 Å². The summed E-state index contributed by atoms with van der Waals surface area (Å²) in [5.74, 6) is 0.300. The van der Waals surface area contributed by atoms with Gasteiger partial charge in [-0.3, -0.25) is 4.68 Å². The van der Waals surface area contributed by atoms with Crippen molar-refractivity contribution in [2.75, 3.05) is 7.11 Å². The average Bonchev–Trinajstić information content (AvgIpc) is 2.51. The van der Waals surface area contributed by atoms with Gasteiger partial charge in [0.1, 0.15) is 0 Å². The van der Waals surface area contributed by atoms with Crippen LogP contribution in [0, 0.1) is 5.92 Å². The first-order valence-corrected chi connectivity index (χ1v) is 5.24. The van der Waals surface area contributed by atoms with Crippen molar-refractivity contribution in [3.8, 4) is 0 Å². The van der Waals surface area contributed by atoms with Crippen LogP contribution >= 0.6 is 0 Å². The first-order valence-electron chi connectivity index (χ1n) is 5.24. The second kappa shape index (κ2) is 5.28. The molecule has 0 aliphatic rings. The minimum atomic E-state index is -0.495. The maximum atomic E-state index is 9.97. The van der Waals surface area contributed by atoms with E-state index in [9.17, 15) is 5.11 Å². The Bertz CT molecular complexity index is 297. The van der Waals surface area contributed by atoms with Gasteiger partial charge in [-0.15, -0.1) is 0 Å². The molecular weight excluding hydrogens is 192 g/mol. The SMILES string of the molecule is COC(C(C)C)C(O)Cc1ccn(C)n1. The Hall–Kier alpha value is -0.870. The van der Waals surface area contributed by atoms with Gasteiger partial charge in [0.2, 0.25) is 0 Å². The van der Waals surface area contributed by atoms with E-state index >= 15 is 0 Å². The number of methoxy groups -OCH3 is 1. The molecule has 0 aromatic carbocycles. The molecule has 0 spiro atoms. The van der Waals surface area contributed by atoms with E-state index in [1.54, 1.807) is 11.8 Å². The Morgan fingerprint density at radius 1 is 1.53 bits per heavy atom. The third-order valence-electron chi connectivity index (χ3n) is 2.50. The van der Waals surface area contributed by atoms with Crippen LogP contribution in [0.5, 0.6) is 0 Å². The summed E-state index contributed by atoms with van der Waals surface area (Å²) in [5.41, 5.74) is 0.896. The van der Waals surface area contributed by atoms with E-state index in [-0.39, 0.29) is 6.10 Å². The van der Waals surface area contributed by atoms with Crippen LogP contribution in [0.2, 0.25) is 0 Å². The van der Waals surface area contributed by atoms with Crippen molar-refractivity contribution in [3.63, 3.8) is 0 Å². The molecule has 4 heteroatoms. The van der Waals surface area contributed by atoms with Crippen molar-refractivity contribution in [3.05, 3.63) is 18.0 Å². The van der Waals surface area contributed by atoms with Gasteiger partial charge >= 0.3 is 0 Å². The molecule has 4 nitrogen and oxygen atoms in total. The molecule has 1 aromatic rings. The summed E-state index contributed by atoms with van der Waals surface area (Å²) in [6.07, 6.45) is 1.79. The fourth-order valence-corrected chi connectivity index (χ4v) is 1.78. The lowest BCUT2D eigenvalue weighted by atomic mass is 9.98. The summed E-state index contributed by atoms with van der Waals surface area (Å²) in [6, 6.07) is 1.91. The molecule has 0 aliphatic heterocycles. The minimum absolute atomic E-state index is 0.132. The predicted octanol–water partition coefficient (Wildman–Crippen LogP) is 0.994. The van der Waals surface area contributed by atoms with E-state index < -0.39 is 6.10 Å². The minimum Gasteiger partial charge on any atom is -0.390 e. The number of hydrogen-bond donors (Lipinski definition) is 1. The van der Waals surface area contributed by atoms with Crippen LogP contribution in [-0.4, -0.2) is 34.2 Å². The molecule has 15 heavy (non-hydrogen) atoms. The summed E-state index contributed by atoms with van der Waals surface area (Å²) < 4.78 is 7.00. The Labute approximate surface area is 90.9 Å². The van der Waals surface area contributed by atoms with E-state index in [4.69, 9.17) is 4.74 Å². The Balaban J connectivity index is 2.57. The van der Waals surface area contributed by atoms with Crippen molar-refractivity contribution in [1.29, 1.82) is 0 Å². The number of aliphatic hydroxyl groups is 1. The van der Waals surface area contributed by atoms with E-state index in [2.05, 4.69) is 5.10 Å². The van der Waals surface area contributed by atoms with Gasteiger partial charge in [-0.25, -0.2) is 0 Å². The Kier molecular flexibility index (Phi) is 4.29. The summed E-state index contributed by atoms with van der Waals surface area (Å²) >= 11 is 0. The van der Waals surface area contributed by atoms with Gasteiger partial charge in [0.25, 0.3) is 0 Å². The van der Waals surface area contributed by atoms with Gasteiger partial charge in [-0.2, -0.15) is 5.10 Å². The third-order valence-corrected chi connectivity index (χ3v) is 2.50. The number of ether oxygens (including phenoxy) is 1. The Morgan fingerprint density at radius 3 is 2.60 bits per heavy atom.